The van der Waals surface area contributed by atoms with E-state index in [9.17, 15) is 1.37 Å². The molecule has 0 saturated heterocycles. The second kappa shape index (κ2) is 18.7. The third-order valence-corrected chi connectivity index (χ3v) is 16.4. The first kappa shape index (κ1) is 38.9. The molecular formula is C68H64N2O2Pt. The molecule has 10 aromatic rings. The van der Waals surface area contributed by atoms with Crippen molar-refractivity contribution in [3.05, 3.63) is 191 Å². The maximum Gasteiger partial charge on any atom is 2.00 e. The van der Waals surface area contributed by atoms with Gasteiger partial charge in [-0.1, -0.05) is 197 Å². The van der Waals surface area contributed by atoms with E-state index in [1.807, 2.05) is 61.7 Å². The number of rotatable bonds is 8. The first-order valence-corrected chi connectivity index (χ1v) is 24.7. The molecule has 4 nitrogen and oxygen atoms in total. The molecular weight excluding hydrogens is 1070 g/mol. The van der Waals surface area contributed by atoms with Crippen molar-refractivity contribution in [2.45, 2.75) is 102 Å². The Bertz CT molecular complexity index is 4170. The summed E-state index contributed by atoms with van der Waals surface area (Å²) in [6.45, 7) is 11.9. The van der Waals surface area contributed by atoms with Crippen LogP contribution in [-0.2, 0) is 21.1 Å². The molecule has 0 aliphatic heterocycles. The van der Waals surface area contributed by atoms with E-state index < -0.39 is 37.6 Å². The van der Waals surface area contributed by atoms with Gasteiger partial charge in [-0.15, -0.1) is 11.6 Å². The molecule has 5 heteroatoms. The average Bonchev–Trinajstić information content (AvgIpc) is 1.73. The Balaban J connectivity index is 0.00000769. The summed E-state index contributed by atoms with van der Waals surface area (Å²) in [5, 5.41) is 3.39. The van der Waals surface area contributed by atoms with Crippen LogP contribution >= 0.6 is 0 Å². The quantitative estimate of drug-likeness (QED) is 0.142. The summed E-state index contributed by atoms with van der Waals surface area (Å²) in [7, 11) is 0. The minimum atomic E-state index is -2.82. The number of hydrogen-bond acceptors (Lipinski definition) is 4. The maximum absolute atomic E-state index is 9.92. The van der Waals surface area contributed by atoms with Gasteiger partial charge in [0.1, 0.15) is 5.58 Å². The van der Waals surface area contributed by atoms with Crippen molar-refractivity contribution < 1.29 is 43.9 Å². The SMILES string of the molecule is [2H]C([2H])([2H])c1cnc(-c2[c-]c(Oc3[c-]c(-c4cc(-c5ccc(-c6ccc(C7([2H])CC(C)(C)C(C)(C)C(C)(C)C7)cc6C)cc5C)c(C)cn4)c4oc5cc6ccccc6cc5c4c3)c(C([2H])([2H])[2H])c(-c3ccccc3)c2)cc1C([2H])([2H])[2H].[Pt+2]. The minimum Gasteiger partial charge on any atom is -0.501 e. The average molecular weight is 1150 g/mol. The van der Waals surface area contributed by atoms with Crippen molar-refractivity contribution in [2.75, 3.05) is 0 Å². The Kier molecular flexibility index (Phi) is 9.98. The predicted octanol–water partition coefficient (Wildman–Crippen LogP) is 19.1. The van der Waals surface area contributed by atoms with E-state index in [0.717, 1.165) is 79.7 Å². The van der Waals surface area contributed by atoms with Crippen molar-refractivity contribution >= 4 is 32.7 Å². The summed E-state index contributed by atoms with van der Waals surface area (Å²) >= 11 is 0. The first-order valence-electron chi connectivity index (χ1n) is 29.7. The number of furan rings is 1. The van der Waals surface area contributed by atoms with Crippen LogP contribution in [0.1, 0.15) is 113 Å². The van der Waals surface area contributed by atoms with Crippen molar-refractivity contribution in [1.29, 1.82) is 0 Å². The number of aryl methyl sites for hydroxylation is 5. The van der Waals surface area contributed by atoms with Crippen LogP contribution in [0.2, 0.25) is 0 Å². The maximum atomic E-state index is 9.92. The van der Waals surface area contributed by atoms with Crippen LogP contribution in [0.5, 0.6) is 11.5 Å². The van der Waals surface area contributed by atoms with E-state index in [4.69, 9.17) is 26.5 Å². The molecule has 0 unspecified atom stereocenters. The van der Waals surface area contributed by atoms with E-state index in [-0.39, 0.29) is 71.2 Å². The van der Waals surface area contributed by atoms with E-state index in [1.165, 1.54) is 6.07 Å². The Labute approximate surface area is 460 Å². The Morgan fingerprint density at radius 2 is 1.27 bits per heavy atom. The molecule has 11 rings (SSSR count). The van der Waals surface area contributed by atoms with Crippen LogP contribution in [0.3, 0.4) is 0 Å². The monoisotopic (exact) mass is 1150 g/mol. The molecule has 0 amide bonds. The minimum absolute atomic E-state index is 0. The second-order valence-corrected chi connectivity index (χ2v) is 21.7. The van der Waals surface area contributed by atoms with Gasteiger partial charge in [0.2, 0.25) is 0 Å². The predicted molar refractivity (Wildman–Crippen MR) is 300 cm³/mol. The summed E-state index contributed by atoms with van der Waals surface area (Å²) in [5.41, 5.74) is 10.3. The fraction of sp³-hybridized carbons (Fsp3) is 0.265. The molecule has 0 radical (unpaired) electrons. The van der Waals surface area contributed by atoms with E-state index in [1.54, 1.807) is 36.4 Å². The van der Waals surface area contributed by atoms with Gasteiger partial charge in [0.05, 0.1) is 5.58 Å². The van der Waals surface area contributed by atoms with Gasteiger partial charge in [0.15, 0.2) is 0 Å². The zero-order valence-corrected chi connectivity index (χ0v) is 45.0. The van der Waals surface area contributed by atoms with Crippen LogP contribution in [0.15, 0.2) is 144 Å². The Hall–Kier alpha value is -6.61. The van der Waals surface area contributed by atoms with E-state index in [2.05, 4.69) is 109 Å². The molecule has 7 aromatic carbocycles. The second-order valence-electron chi connectivity index (χ2n) is 21.7. The van der Waals surface area contributed by atoms with Crippen molar-refractivity contribution in [2.24, 2.45) is 16.2 Å². The van der Waals surface area contributed by atoms with Gasteiger partial charge >= 0.3 is 21.1 Å². The molecule has 0 spiro atoms. The van der Waals surface area contributed by atoms with Crippen LogP contribution in [0.4, 0.5) is 0 Å². The smallest absolute Gasteiger partial charge is 0.501 e. The zero-order chi connectivity index (χ0) is 58.9. The van der Waals surface area contributed by atoms with E-state index in [0.29, 0.717) is 33.4 Å². The topological polar surface area (TPSA) is 48.2 Å². The Morgan fingerprint density at radius 1 is 0.589 bits per heavy atom. The largest absolute Gasteiger partial charge is 2.00 e. The normalized spacial score (nSPS) is 18.2. The molecule has 3 heterocycles. The number of fused-ring (bicyclic) bond motifs is 4. The molecule has 1 saturated carbocycles. The number of aromatic nitrogens is 2. The fourth-order valence-corrected chi connectivity index (χ4v) is 11.0. The number of pyridine rings is 2. The van der Waals surface area contributed by atoms with Crippen molar-refractivity contribution in [3.63, 3.8) is 0 Å². The van der Waals surface area contributed by atoms with Crippen LogP contribution < -0.4 is 4.74 Å². The third-order valence-electron chi connectivity index (χ3n) is 16.4. The Morgan fingerprint density at radius 3 is 1.99 bits per heavy atom. The van der Waals surface area contributed by atoms with E-state index >= 15 is 0 Å². The number of hydrogen-bond donors (Lipinski definition) is 0. The number of nitrogens with zero attached hydrogens (tertiary/aromatic N) is 2. The summed E-state index contributed by atoms with van der Waals surface area (Å²) < 4.78 is 99.6. The molecule has 0 atom stereocenters. The molecule has 368 valence electrons. The zero-order valence-electron chi connectivity index (χ0n) is 52.7. The van der Waals surface area contributed by atoms with Gasteiger partial charge in [-0.05, 0) is 159 Å². The summed E-state index contributed by atoms with van der Waals surface area (Å²) in [6, 6.07) is 47.1. The molecule has 1 aliphatic carbocycles. The molecule has 1 fully saturated rings. The number of benzene rings is 7. The van der Waals surface area contributed by atoms with Crippen LogP contribution in [0.25, 0.3) is 88.6 Å². The first-order chi connectivity index (χ1) is 38.3. The van der Waals surface area contributed by atoms with Gasteiger partial charge in [-0.3, -0.25) is 0 Å². The third kappa shape index (κ3) is 8.84. The van der Waals surface area contributed by atoms with Crippen molar-refractivity contribution in [1.82, 2.24) is 9.97 Å². The molecule has 73 heavy (non-hydrogen) atoms. The molecule has 1 aliphatic rings. The van der Waals surface area contributed by atoms with Gasteiger partial charge in [-0.2, -0.15) is 0 Å². The standard InChI is InChI=1S/C68H64N2O2.Pt/c1-40-28-61(69-38-43(40)4)51-30-57(46-18-14-13-15-19-46)45(6)63(32-51)71-53-33-59-58-29-47-20-16-17-21-48(47)31-64(58)72-65(59)60(34-53)62-35-56(44(5)39-70-62)55-25-23-50(27-42(55)3)54-24-22-49(26-41(54)2)52-36-66(7,8)68(11,12)67(9,10)37-52;/h13-31,33,35,38-39,52H,36-37H2,1-12H3;/q-2;+2/i1D3,4D3,6D3,52D;. The van der Waals surface area contributed by atoms with Gasteiger partial charge < -0.3 is 19.1 Å². The molecule has 0 N–H and O–H groups in total. The van der Waals surface area contributed by atoms with Crippen LogP contribution in [-0.4, -0.2) is 9.97 Å². The van der Waals surface area contributed by atoms with Crippen LogP contribution in [0, 0.1) is 69.7 Å². The van der Waals surface area contributed by atoms with Gasteiger partial charge in [0, 0.05) is 43.0 Å². The summed E-state index contributed by atoms with van der Waals surface area (Å²) in [6.07, 6.45) is 4.42. The van der Waals surface area contributed by atoms with Crippen molar-refractivity contribution in [3.8, 4) is 67.4 Å². The number of ether oxygens (including phenoxy) is 1. The summed E-state index contributed by atoms with van der Waals surface area (Å²) in [4.78, 5) is 9.45. The summed E-state index contributed by atoms with van der Waals surface area (Å²) in [5.74, 6) is -0.793. The van der Waals surface area contributed by atoms with Gasteiger partial charge in [-0.25, -0.2) is 0 Å². The van der Waals surface area contributed by atoms with Gasteiger partial charge in [0.25, 0.3) is 0 Å². The molecule has 0 bridgehead atoms. The molecule has 3 aromatic heterocycles. The fourth-order valence-electron chi connectivity index (χ4n) is 11.0.